The lowest BCUT2D eigenvalue weighted by atomic mass is 10.1. The molecule has 1 atom stereocenters. The summed E-state index contributed by atoms with van der Waals surface area (Å²) in [6, 6.07) is 9.07. The maximum absolute atomic E-state index is 11.6. The Kier molecular flexibility index (Phi) is 4.97. The maximum atomic E-state index is 11.6. The van der Waals surface area contributed by atoms with E-state index < -0.39 is 0 Å². The van der Waals surface area contributed by atoms with E-state index in [1.165, 1.54) is 11.1 Å². The Hall–Kier alpha value is -1.35. The molecule has 0 aliphatic carbocycles. The second kappa shape index (κ2) is 6.71. The van der Waals surface area contributed by atoms with Crippen LogP contribution in [0.3, 0.4) is 0 Å². The fraction of sp³-hybridized carbons (Fsp3) is 0.562. The van der Waals surface area contributed by atoms with Crippen molar-refractivity contribution < 1.29 is 4.79 Å². The van der Waals surface area contributed by atoms with Gasteiger partial charge in [-0.15, -0.1) is 0 Å². The summed E-state index contributed by atoms with van der Waals surface area (Å²) in [6.45, 7) is 6.93. The van der Waals surface area contributed by atoms with Crippen molar-refractivity contribution in [2.45, 2.75) is 45.7 Å². The lowest BCUT2D eigenvalue weighted by Gasteiger charge is -2.21. The van der Waals surface area contributed by atoms with Gasteiger partial charge in [-0.3, -0.25) is 4.79 Å². The van der Waals surface area contributed by atoms with E-state index in [1.807, 2.05) is 4.90 Å². The molecule has 1 aromatic rings. The highest BCUT2D eigenvalue weighted by Crippen LogP contribution is 2.10. The first-order valence-corrected chi connectivity index (χ1v) is 7.28. The molecular weight excluding hydrogens is 236 g/mol. The van der Waals surface area contributed by atoms with Gasteiger partial charge in [-0.2, -0.15) is 0 Å². The largest absolute Gasteiger partial charge is 0.341 e. The van der Waals surface area contributed by atoms with Crippen molar-refractivity contribution in [2.24, 2.45) is 0 Å². The van der Waals surface area contributed by atoms with Crippen molar-refractivity contribution in [2.75, 3.05) is 13.1 Å². The molecule has 1 aliphatic heterocycles. The predicted octanol–water partition coefficient (Wildman–Crippen LogP) is 2.35. The van der Waals surface area contributed by atoms with Crippen LogP contribution in [0, 0.1) is 0 Å². The zero-order chi connectivity index (χ0) is 13.7. The van der Waals surface area contributed by atoms with Crippen LogP contribution in [0.15, 0.2) is 24.3 Å². The third-order valence-electron chi connectivity index (χ3n) is 3.75. The zero-order valence-corrected chi connectivity index (χ0v) is 12.0. The number of aryl methyl sites for hydroxylation is 1. The van der Waals surface area contributed by atoms with Crippen molar-refractivity contribution in [1.82, 2.24) is 10.2 Å². The van der Waals surface area contributed by atoms with Crippen LogP contribution in [0.4, 0.5) is 0 Å². The molecule has 19 heavy (non-hydrogen) atoms. The minimum absolute atomic E-state index is 0.306. The predicted molar refractivity (Wildman–Crippen MR) is 77.9 cm³/mol. The molecule has 1 unspecified atom stereocenters. The Bertz CT molecular complexity index is 413. The number of rotatable bonds is 6. The van der Waals surface area contributed by atoms with Crippen molar-refractivity contribution in [3.8, 4) is 0 Å². The normalized spacial score (nSPS) is 16.9. The van der Waals surface area contributed by atoms with Crippen LogP contribution in [0.1, 0.15) is 37.8 Å². The van der Waals surface area contributed by atoms with E-state index in [0.717, 1.165) is 38.9 Å². The topological polar surface area (TPSA) is 32.3 Å². The van der Waals surface area contributed by atoms with Crippen LogP contribution in [0.5, 0.6) is 0 Å². The summed E-state index contributed by atoms with van der Waals surface area (Å²) in [6.07, 6.45) is 2.83. The van der Waals surface area contributed by atoms with Gasteiger partial charge in [-0.05, 0) is 30.9 Å². The SMILES string of the molecule is CCc1ccc(CNC(C)CN2CCCC2=O)cc1. The summed E-state index contributed by atoms with van der Waals surface area (Å²) < 4.78 is 0. The molecule has 104 valence electrons. The third kappa shape index (κ3) is 4.06. The average Bonchev–Trinajstić information content (AvgIpc) is 2.82. The number of amides is 1. The molecule has 0 aromatic heterocycles. The molecule has 1 amide bonds. The molecule has 0 spiro atoms. The highest BCUT2D eigenvalue weighted by atomic mass is 16.2. The van der Waals surface area contributed by atoms with Crippen LogP contribution in [0.2, 0.25) is 0 Å². The van der Waals surface area contributed by atoms with E-state index in [9.17, 15) is 4.79 Å². The summed E-state index contributed by atoms with van der Waals surface area (Å²) in [4.78, 5) is 13.5. The smallest absolute Gasteiger partial charge is 0.222 e. The van der Waals surface area contributed by atoms with Crippen LogP contribution in [0.25, 0.3) is 0 Å². The number of hydrogen-bond acceptors (Lipinski definition) is 2. The Labute approximate surface area is 116 Å². The third-order valence-corrected chi connectivity index (χ3v) is 3.75. The van der Waals surface area contributed by atoms with Gasteiger partial charge in [0.15, 0.2) is 0 Å². The Morgan fingerprint density at radius 1 is 1.26 bits per heavy atom. The zero-order valence-electron chi connectivity index (χ0n) is 12.0. The lowest BCUT2D eigenvalue weighted by molar-refractivity contribution is -0.127. The Morgan fingerprint density at radius 3 is 2.53 bits per heavy atom. The molecule has 1 aliphatic rings. The highest BCUT2D eigenvalue weighted by Gasteiger charge is 2.21. The molecular formula is C16H24N2O. The van der Waals surface area contributed by atoms with Gasteiger partial charge in [0.25, 0.3) is 0 Å². The lowest BCUT2D eigenvalue weighted by Crippen LogP contribution is -2.39. The fourth-order valence-corrected chi connectivity index (χ4v) is 2.48. The molecule has 1 fully saturated rings. The minimum Gasteiger partial charge on any atom is -0.341 e. The van der Waals surface area contributed by atoms with Crippen LogP contribution < -0.4 is 5.32 Å². The van der Waals surface area contributed by atoms with Gasteiger partial charge in [0, 0.05) is 32.1 Å². The first-order valence-electron chi connectivity index (χ1n) is 7.28. The van der Waals surface area contributed by atoms with E-state index in [1.54, 1.807) is 0 Å². The molecule has 2 rings (SSSR count). The first-order chi connectivity index (χ1) is 9.19. The maximum Gasteiger partial charge on any atom is 0.222 e. The second-order valence-corrected chi connectivity index (χ2v) is 5.40. The highest BCUT2D eigenvalue weighted by molar-refractivity contribution is 5.78. The van der Waals surface area contributed by atoms with Crippen molar-refractivity contribution in [3.05, 3.63) is 35.4 Å². The molecule has 1 saturated heterocycles. The Morgan fingerprint density at radius 2 is 1.95 bits per heavy atom. The number of hydrogen-bond donors (Lipinski definition) is 1. The summed E-state index contributed by atoms with van der Waals surface area (Å²) >= 11 is 0. The summed E-state index contributed by atoms with van der Waals surface area (Å²) in [5.41, 5.74) is 2.68. The van der Waals surface area contributed by atoms with Crippen LogP contribution in [-0.2, 0) is 17.8 Å². The van der Waals surface area contributed by atoms with Gasteiger partial charge < -0.3 is 10.2 Å². The van der Waals surface area contributed by atoms with Gasteiger partial charge in [0.05, 0.1) is 0 Å². The van der Waals surface area contributed by atoms with Crippen molar-refractivity contribution >= 4 is 5.91 Å². The molecule has 3 nitrogen and oxygen atoms in total. The Balaban J connectivity index is 1.76. The van der Waals surface area contributed by atoms with E-state index in [2.05, 4.69) is 43.4 Å². The average molecular weight is 260 g/mol. The van der Waals surface area contributed by atoms with Gasteiger partial charge in [0.1, 0.15) is 0 Å². The van der Waals surface area contributed by atoms with E-state index >= 15 is 0 Å². The van der Waals surface area contributed by atoms with Gasteiger partial charge in [-0.1, -0.05) is 31.2 Å². The van der Waals surface area contributed by atoms with Crippen molar-refractivity contribution in [1.29, 1.82) is 0 Å². The monoisotopic (exact) mass is 260 g/mol. The van der Waals surface area contributed by atoms with E-state index in [-0.39, 0.29) is 0 Å². The number of benzene rings is 1. The summed E-state index contributed by atoms with van der Waals surface area (Å²) in [5.74, 6) is 0.306. The molecule has 0 radical (unpaired) electrons. The number of carbonyl (C=O) groups excluding carboxylic acids is 1. The molecule has 1 aromatic carbocycles. The summed E-state index contributed by atoms with van der Waals surface area (Å²) in [7, 11) is 0. The van der Waals surface area contributed by atoms with Crippen LogP contribution in [-0.4, -0.2) is 29.9 Å². The van der Waals surface area contributed by atoms with E-state index in [0.29, 0.717) is 11.9 Å². The van der Waals surface area contributed by atoms with Gasteiger partial charge >= 0.3 is 0 Å². The molecule has 0 bridgehead atoms. The number of nitrogens with zero attached hydrogens (tertiary/aromatic N) is 1. The fourth-order valence-electron chi connectivity index (χ4n) is 2.48. The van der Waals surface area contributed by atoms with Gasteiger partial charge in [-0.25, -0.2) is 0 Å². The number of carbonyl (C=O) groups is 1. The van der Waals surface area contributed by atoms with E-state index in [4.69, 9.17) is 0 Å². The molecule has 3 heteroatoms. The summed E-state index contributed by atoms with van der Waals surface area (Å²) in [5, 5.41) is 3.49. The number of likely N-dealkylation sites (tertiary alicyclic amines) is 1. The van der Waals surface area contributed by atoms with Crippen molar-refractivity contribution in [3.63, 3.8) is 0 Å². The second-order valence-electron chi connectivity index (χ2n) is 5.40. The number of nitrogens with one attached hydrogen (secondary N) is 1. The molecule has 0 saturated carbocycles. The molecule has 1 N–H and O–H groups in total. The van der Waals surface area contributed by atoms with Crippen LogP contribution >= 0.6 is 0 Å². The van der Waals surface area contributed by atoms with Gasteiger partial charge in [0.2, 0.25) is 5.91 Å². The standard InChI is InChI=1S/C16H24N2O/c1-3-14-6-8-15(9-7-14)11-17-13(2)12-18-10-4-5-16(18)19/h6-9,13,17H,3-5,10-12H2,1-2H3. The first kappa shape index (κ1) is 14.1. The quantitative estimate of drug-likeness (QED) is 0.851. The minimum atomic E-state index is 0.306. The molecule has 1 heterocycles.